The molecule has 0 amide bonds. The van der Waals surface area contributed by atoms with Crippen LogP contribution >= 0.6 is 0 Å². The van der Waals surface area contributed by atoms with E-state index in [-0.39, 0.29) is 18.7 Å². The molecule has 1 aromatic carbocycles. The van der Waals surface area contributed by atoms with Gasteiger partial charge in [0.25, 0.3) is 0 Å². The van der Waals surface area contributed by atoms with Gasteiger partial charge >= 0.3 is 5.95 Å². The van der Waals surface area contributed by atoms with Gasteiger partial charge in [0.15, 0.2) is 0 Å². The number of rotatable bonds is 2. The maximum Gasteiger partial charge on any atom is 0.411 e. The Hall–Kier alpha value is -1.69. The van der Waals surface area contributed by atoms with Crippen molar-refractivity contribution in [1.29, 1.82) is 0 Å². The van der Waals surface area contributed by atoms with E-state index in [1.807, 2.05) is 40.0 Å². The number of aromatic nitrogens is 2. The number of nitrogens with two attached hydrogens (primary N) is 1. The first kappa shape index (κ1) is 12.8. The summed E-state index contributed by atoms with van der Waals surface area (Å²) in [5, 5.41) is 1.96. The van der Waals surface area contributed by atoms with Crippen LogP contribution < -0.4 is 28.1 Å². The van der Waals surface area contributed by atoms with Gasteiger partial charge in [-0.15, -0.1) is 5.01 Å². The molecule has 18 heavy (non-hydrogen) atoms. The molecule has 0 spiro atoms. The lowest BCUT2D eigenvalue weighted by atomic mass is 10.2. The van der Waals surface area contributed by atoms with Gasteiger partial charge in [0.2, 0.25) is 6.29 Å². The predicted octanol–water partition coefficient (Wildman–Crippen LogP) is -2.37. The molecule has 1 aliphatic rings. The predicted molar refractivity (Wildman–Crippen MR) is 63.3 cm³/mol. The minimum atomic E-state index is -0.223. The summed E-state index contributed by atoms with van der Waals surface area (Å²) in [5.41, 5.74) is 10.5. The Morgan fingerprint density at radius 3 is 2.78 bits per heavy atom. The SMILES string of the molecule is NC1N(Cc2ccccc2)Nc2nccc[n+]21.[Cl-]. The van der Waals surface area contributed by atoms with Crippen molar-refractivity contribution < 1.29 is 17.0 Å². The number of nitrogens with one attached hydrogen (secondary N) is 1. The van der Waals surface area contributed by atoms with Crippen LogP contribution in [0.1, 0.15) is 11.9 Å². The van der Waals surface area contributed by atoms with Gasteiger partial charge in [0.05, 0.1) is 12.7 Å². The number of anilines is 1. The molecule has 0 bridgehead atoms. The van der Waals surface area contributed by atoms with Crippen LogP contribution in [0.5, 0.6) is 0 Å². The standard InChI is InChI=1S/C12H13N5.ClH/c13-11-16-8-4-7-14-12(16)15-17(11)9-10-5-2-1-3-6-10;/h1-8,11H,9,13H2;1H. The van der Waals surface area contributed by atoms with Crippen LogP contribution in [0.25, 0.3) is 0 Å². The molecule has 0 saturated carbocycles. The average Bonchev–Trinajstić information content (AvgIpc) is 2.68. The van der Waals surface area contributed by atoms with Crippen molar-refractivity contribution in [2.24, 2.45) is 5.73 Å². The number of nitrogens with zero attached hydrogens (tertiary/aromatic N) is 3. The zero-order valence-electron chi connectivity index (χ0n) is 9.70. The van der Waals surface area contributed by atoms with E-state index in [1.54, 1.807) is 6.20 Å². The van der Waals surface area contributed by atoms with Gasteiger partial charge in [-0.1, -0.05) is 35.3 Å². The fraction of sp³-hybridized carbons (Fsp3) is 0.167. The van der Waals surface area contributed by atoms with E-state index in [0.29, 0.717) is 0 Å². The molecule has 0 saturated heterocycles. The Bertz CT molecular complexity index is 519. The summed E-state index contributed by atoms with van der Waals surface area (Å²) in [5.74, 6) is 0.774. The first-order chi connectivity index (χ1) is 8.34. The molecule has 0 fully saturated rings. The largest absolute Gasteiger partial charge is 1.00 e. The Morgan fingerprint density at radius 1 is 1.28 bits per heavy atom. The third-order valence-corrected chi connectivity index (χ3v) is 2.82. The van der Waals surface area contributed by atoms with Crippen LogP contribution in [0.3, 0.4) is 0 Å². The highest BCUT2D eigenvalue weighted by Crippen LogP contribution is 2.15. The normalized spacial score (nSPS) is 17.7. The maximum atomic E-state index is 6.12. The molecule has 1 aromatic heterocycles. The van der Waals surface area contributed by atoms with Crippen LogP contribution in [0.2, 0.25) is 0 Å². The highest BCUT2D eigenvalue weighted by Gasteiger charge is 2.33. The summed E-state index contributed by atoms with van der Waals surface area (Å²) in [4.78, 5) is 4.23. The summed E-state index contributed by atoms with van der Waals surface area (Å²) in [7, 11) is 0. The highest BCUT2D eigenvalue weighted by molar-refractivity contribution is 5.19. The van der Waals surface area contributed by atoms with Gasteiger partial charge in [0, 0.05) is 6.07 Å². The third-order valence-electron chi connectivity index (χ3n) is 2.82. The van der Waals surface area contributed by atoms with Crippen molar-refractivity contribution in [3.05, 3.63) is 54.4 Å². The molecular weight excluding hydrogens is 250 g/mol. The van der Waals surface area contributed by atoms with Gasteiger partial charge in [-0.05, 0) is 5.56 Å². The third kappa shape index (κ3) is 2.28. The molecular formula is C12H14ClN5. The van der Waals surface area contributed by atoms with Crippen molar-refractivity contribution in [2.75, 3.05) is 5.43 Å². The smallest absolute Gasteiger partial charge is 0.411 e. The van der Waals surface area contributed by atoms with E-state index >= 15 is 0 Å². The van der Waals surface area contributed by atoms with Crippen LogP contribution in [0.15, 0.2) is 48.8 Å². The molecule has 0 radical (unpaired) electrons. The summed E-state index contributed by atoms with van der Waals surface area (Å²) in [6.45, 7) is 0.741. The number of hydrogen-bond donors (Lipinski definition) is 2. The second-order valence-corrected chi connectivity index (χ2v) is 3.99. The van der Waals surface area contributed by atoms with E-state index in [2.05, 4.69) is 22.5 Å². The summed E-state index contributed by atoms with van der Waals surface area (Å²) >= 11 is 0. The molecule has 3 N–H and O–H groups in total. The van der Waals surface area contributed by atoms with Crippen LogP contribution in [-0.2, 0) is 6.54 Å². The molecule has 94 valence electrons. The zero-order valence-corrected chi connectivity index (χ0v) is 10.5. The van der Waals surface area contributed by atoms with E-state index in [1.165, 1.54) is 5.56 Å². The second kappa shape index (κ2) is 5.30. The van der Waals surface area contributed by atoms with E-state index < -0.39 is 0 Å². The molecule has 2 heterocycles. The molecule has 1 atom stereocenters. The average molecular weight is 264 g/mol. The Kier molecular flexibility index (Phi) is 3.76. The molecule has 5 nitrogen and oxygen atoms in total. The molecule has 1 unspecified atom stereocenters. The second-order valence-electron chi connectivity index (χ2n) is 3.99. The topological polar surface area (TPSA) is 58.1 Å². The number of hydrogen-bond acceptors (Lipinski definition) is 4. The van der Waals surface area contributed by atoms with Crippen molar-refractivity contribution in [3.8, 4) is 0 Å². The first-order valence-corrected chi connectivity index (χ1v) is 5.53. The van der Waals surface area contributed by atoms with E-state index in [4.69, 9.17) is 5.73 Å². The maximum absolute atomic E-state index is 6.12. The molecule has 3 rings (SSSR count). The summed E-state index contributed by atoms with van der Waals surface area (Å²) in [6, 6.07) is 12.1. The van der Waals surface area contributed by atoms with Crippen LogP contribution in [0, 0.1) is 0 Å². The van der Waals surface area contributed by atoms with Gasteiger partial charge in [-0.25, -0.2) is 4.57 Å². The minimum Gasteiger partial charge on any atom is -1.00 e. The molecule has 6 heteroatoms. The fourth-order valence-electron chi connectivity index (χ4n) is 1.94. The van der Waals surface area contributed by atoms with Crippen molar-refractivity contribution in [3.63, 3.8) is 0 Å². The quantitative estimate of drug-likeness (QED) is 0.595. The lowest BCUT2D eigenvalue weighted by molar-refractivity contribution is -0.716. The van der Waals surface area contributed by atoms with Crippen molar-refractivity contribution in [1.82, 2.24) is 9.99 Å². The van der Waals surface area contributed by atoms with Crippen LogP contribution in [0.4, 0.5) is 5.95 Å². The van der Waals surface area contributed by atoms with E-state index in [0.717, 1.165) is 12.5 Å². The zero-order chi connectivity index (χ0) is 11.7. The van der Waals surface area contributed by atoms with Gasteiger partial charge < -0.3 is 12.4 Å². The van der Waals surface area contributed by atoms with Crippen molar-refractivity contribution in [2.45, 2.75) is 12.8 Å². The molecule has 1 aliphatic heterocycles. The monoisotopic (exact) mass is 263 g/mol. The number of halogens is 1. The van der Waals surface area contributed by atoms with Gasteiger partial charge in [-0.2, -0.15) is 5.43 Å². The first-order valence-electron chi connectivity index (χ1n) is 5.53. The fourth-order valence-corrected chi connectivity index (χ4v) is 1.94. The van der Waals surface area contributed by atoms with Gasteiger partial charge in [-0.3, -0.25) is 5.73 Å². The summed E-state index contributed by atoms with van der Waals surface area (Å²) < 4.78 is 1.91. The Morgan fingerprint density at radius 2 is 2.06 bits per heavy atom. The number of fused-ring (bicyclic) bond motifs is 1. The minimum absolute atomic E-state index is 0. The van der Waals surface area contributed by atoms with Crippen molar-refractivity contribution >= 4 is 5.95 Å². The molecule has 0 aliphatic carbocycles. The Balaban J connectivity index is 0.00000120. The lowest BCUT2D eigenvalue weighted by Gasteiger charge is -2.15. The Labute approximate surface area is 112 Å². The number of benzene rings is 1. The van der Waals surface area contributed by atoms with Crippen LogP contribution in [-0.4, -0.2) is 9.99 Å². The van der Waals surface area contributed by atoms with Gasteiger partial charge in [0.1, 0.15) is 6.20 Å². The summed E-state index contributed by atoms with van der Waals surface area (Å²) in [6.07, 6.45) is 3.45. The molecule has 2 aromatic rings. The van der Waals surface area contributed by atoms with E-state index in [9.17, 15) is 0 Å². The lowest BCUT2D eigenvalue weighted by Crippen LogP contribution is -3.00. The number of hydrazine groups is 1. The highest BCUT2D eigenvalue weighted by atomic mass is 35.5.